The first-order valence-electron chi connectivity index (χ1n) is 8.97. The normalized spacial score (nSPS) is 21.8. The van der Waals surface area contributed by atoms with Gasteiger partial charge in [0.05, 0.1) is 5.41 Å². The molecule has 2 rings (SSSR count). The maximum atomic E-state index is 13.3. The zero-order chi connectivity index (χ0) is 19.7. The van der Waals surface area contributed by atoms with Gasteiger partial charge >= 0.3 is 0 Å². The molecule has 0 spiro atoms. The summed E-state index contributed by atoms with van der Waals surface area (Å²) in [5.74, 6) is -0.613. The molecule has 1 aliphatic carbocycles. The first-order valence-corrected chi connectivity index (χ1v) is 8.97. The van der Waals surface area contributed by atoms with Crippen LogP contribution in [0.25, 0.3) is 0 Å². The molecule has 0 bridgehead atoms. The number of benzene rings is 1. The number of carbonyl (C=O) groups is 2. The van der Waals surface area contributed by atoms with Crippen molar-refractivity contribution in [1.29, 1.82) is 0 Å². The molecule has 144 valence electrons. The van der Waals surface area contributed by atoms with Crippen molar-refractivity contribution in [3.05, 3.63) is 35.6 Å². The Morgan fingerprint density at radius 2 is 1.65 bits per heavy atom. The molecule has 1 N–H and O–H groups in total. The number of rotatable bonds is 7. The van der Waals surface area contributed by atoms with Crippen molar-refractivity contribution >= 4 is 11.8 Å². The predicted octanol–water partition coefficient (Wildman–Crippen LogP) is 2.18. The van der Waals surface area contributed by atoms with Crippen molar-refractivity contribution in [2.24, 2.45) is 5.41 Å². The highest BCUT2D eigenvalue weighted by atomic mass is 19.1. The van der Waals surface area contributed by atoms with Crippen molar-refractivity contribution in [2.75, 3.05) is 27.2 Å². The molecule has 1 aromatic rings. The second-order valence-electron chi connectivity index (χ2n) is 7.99. The Hall–Kier alpha value is -1.95. The summed E-state index contributed by atoms with van der Waals surface area (Å²) in [6, 6.07) is 6.20. The van der Waals surface area contributed by atoms with E-state index < -0.39 is 11.5 Å². The highest BCUT2D eigenvalue weighted by Gasteiger charge is 2.67. The van der Waals surface area contributed by atoms with Gasteiger partial charge < -0.3 is 14.9 Å². The van der Waals surface area contributed by atoms with E-state index in [0.29, 0.717) is 19.5 Å². The molecule has 5 nitrogen and oxygen atoms in total. The van der Waals surface area contributed by atoms with E-state index in [1.54, 1.807) is 31.1 Å². The third-order valence-corrected chi connectivity index (χ3v) is 5.51. The molecule has 6 heteroatoms. The summed E-state index contributed by atoms with van der Waals surface area (Å²) in [7, 11) is 3.40. The first kappa shape index (κ1) is 20.4. The van der Waals surface area contributed by atoms with E-state index >= 15 is 0 Å². The predicted molar refractivity (Wildman–Crippen MR) is 98.0 cm³/mol. The number of amides is 2. The molecule has 0 saturated heterocycles. The van der Waals surface area contributed by atoms with Gasteiger partial charge in [-0.2, -0.15) is 0 Å². The Bertz CT molecular complexity index is 672. The van der Waals surface area contributed by atoms with E-state index in [0.717, 1.165) is 12.0 Å². The Balaban J connectivity index is 2.02. The maximum absolute atomic E-state index is 13.3. The van der Waals surface area contributed by atoms with Crippen molar-refractivity contribution in [3.63, 3.8) is 0 Å². The highest BCUT2D eigenvalue weighted by molar-refractivity contribution is 5.93. The van der Waals surface area contributed by atoms with Gasteiger partial charge in [-0.1, -0.05) is 26.0 Å². The van der Waals surface area contributed by atoms with Gasteiger partial charge in [-0.3, -0.25) is 9.59 Å². The van der Waals surface area contributed by atoms with Crippen molar-refractivity contribution in [2.45, 2.75) is 45.1 Å². The molecule has 0 heterocycles. The smallest absolute Gasteiger partial charge is 0.250 e. The lowest BCUT2D eigenvalue weighted by molar-refractivity contribution is -0.138. The fraction of sp³-hybridized carbons (Fsp3) is 0.600. The molecule has 1 fully saturated rings. The van der Waals surface area contributed by atoms with E-state index in [1.165, 1.54) is 24.0 Å². The molecule has 0 aromatic heterocycles. The summed E-state index contributed by atoms with van der Waals surface area (Å²) in [5.41, 5.74) is 0.0635. The number of aliphatic hydroxyl groups excluding tert-OH is 1. The lowest BCUT2D eigenvalue weighted by Gasteiger charge is -2.28. The van der Waals surface area contributed by atoms with Crippen LogP contribution >= 0.6 is 0 Å². The fourth-order valence-electron chi connectivity index (χ4n) is 3.74. The topological polar surface area (TPSA) is 60.9 Å². The van der Waals surface area contributed by atoms with Gasteiger partial charge in [0.25, 0.3) is 5.91 Å². The summed E-state index contributed by atoms with van der Waals surface area (Å²) < 4.78 is 13.3. The Labute approximate surface area is 154 Å². The number of halogens is 1. The Morgan fingerprint density at radius 1 is 1.15 bits per heavy atom. The number of hydrogen-bond donors (Lipinski definition) is 1. The van der Waals surface area contributed by atoms with Crippen LogP contribution in [0.4, 0.5) is 4.39 Å². The molecule has 2 unspecified atom stereocenters. The van der Waals surface area contributed by atoms with E-state index in [9.17, 15) is 19.1 Å². The molecule has 1 aromatic carbocycles. The maximum Gasteiger partial charge on any atom is 0.250 e. The average molecular weight is 364 g/mol. The zero-order valence-electron chi connectivity index (χ0n) is 16.3. The molecule has 26 heavy (non-hydrogen) atoms. The van der Waals surface area contributed by atoms with Crippen LogP contribution in [0.1, 0.15) is 39.2 Å². The number of hydrogen-bond acceptors (Lipinski definition) is 3. The lowest BCUT2D eigenvalue weighted by atomic mass is 9.86. The molecule has 2 atom stereocenters. The van der Waals surface area contributed by atoms with Gasteiger partial charge in [-0.05, 0) is 42.9 Å². The van der Waals surface area contributed by atoms with Crippen LogP contribution in [0.5, 0.6) is 0 Å². The fourth-order valence-corrected chi connectivity index (χ4v) is 3.74. The molecule has 2 amide bonds. The second kappa shape index (κ2) is 7.35. The number of carbonyl (C=O) groups excluding carboxylic acids is 2. The van der Waals surface area contributed by atoms with Crippen molar-refractivity contribution in [1.82, 2.24) is 9.80 Å². The second-order valence-corrected chi connectivity index (χ2v) is 7.99. The minimum absolute atomic E-state index is 0.0265. The SMILES string of the molecule is CC(O)C(=O)N(C)CCCN(C)C(=O)C1(c2ccc(F)cc2)CC1(C)C. The third kappa shape index (κ3) is 3.75. The monoisotopic (exact) mass is 364 g/mol. The van der Waals surface area contributed by atoms with Gasteiger partial charge in [0, 0.05) is 27.2 Å². The van der Waals surface area contributed by atoms with Crippen LogP contribution in [-0.4, -0.2) is 60.0 Å². The summed E-state index contributed by atoms with van der Waals surface area (Å²) in [6.07, 6.45) is 0.333. The van der Waals surface area contributed by atoms with E-state index in [2.05, 4.69) is 13.8 Å². The van der Waals surface area contributed by atoms with Gasteiger partial charge in [-0.15, -0.1) is 0 Å². The van der Waals surface area contributed by atoms with E-state index in [1.807, 2.05) is 0 Å². The van der Waals surface area contributed by atoms with Crippen LogP contribution < -0.4 is 0 Å². The molecule has 1 aliphatic rings. The van der Waals surface area contributed by atoms with Crippen molar-refractivity contribution < 1.29 is 19.1 Å². The number of likely N-dealkylation sites (N-methyl/N-ethyl adjacent to an activating group) is 2. The molecular formula is C20H29FN2O3. The van der Waals surface area contributed by atoms with Crippen LogP contribution in [0.2, 0.25) is 0 Å². The Morgan fingerprint density at radius 3 is 2.12 bits per heavy atom. The summed E-state index contributed by atoms with van der Waals surface area (Å²) >= 11 is 0. The summed E-state index contributed by atoms with van der Waals surface area (Å²) in [5, 5.41) is 9.32. The van der Waals surface area contributed by atoms with Gasteiger partial charge in [0.15, 0.2) is 0 Å². The number of aliphatic hydroxyl groups is 1. The first-order chi connectivity index (χ1) is 12.0. The molecule has 1 saturated carbocycles. The van der Waals surface area contributed by atoms with Crippen LogP contribution in [-0.2, 0) is 15.0 Å². The van der Waals surface area contributed by atoms with E-state index in [-0.39, 0.29) is 23.0 Å². The summed E-state index contributed by atoms with van der Waals surface area (Å²) in [4.78, 5) is 28.0. The van der Waals surface area contributed by atoms with Gasteiger partial charge in [0.1, 0.15) is 11.9 Å². The lowest BCUT2D eigenvalue weighted by Crippen LogP contribution is -2.41. The van der Waals surface area contributed by atoms with Crippen molar-refractivity contribution in [3.8, 4) is 0 Å². The quantitative estimate of drug-likeness (QED) is 0.807. The van der Waals surface area contributed by atoms with Crippen LogP contribution in [0.15, 0.2) is 24.3 Å². The minimum atomic E-state index is -1.02. The van der Waals surface area contributed by atoms with Crippen LogP contribution in [0, 0.1) is 11.2 Å². The molecule has 0 radical (unpaired) electrons. The molecular weight excluding hydrogens is 335 g/mol. The zero-order valence-corrected chi connectivity index (χ0v) is 16.3. The van der Waals surface area contributed by atoms with Crippen LogP contribution in [0.3, 0.4) is 0 Å². The van der Waals surface area contributed by atoms with Gasteiger partial charge in [-0.25, -0.2) is 4.39 Å². The summed E-state index contributed by atoms with van der Waals surface area (Å²) in [6.45, 7) is 6.52. The van der Waals surface area contributed by atoms with E-state index in [4.69, 9.17) is 0 Å². The van der Waals surface area contributed by atoms with Gasteiger partial charge in [0.2, 0.25) is 5.91 Å². The molecule has 0 aliphatic heterocycles. The highest BCUT2D eigenvalue weighted by Crippen LogP contribution is 2.65. The Kier molecular flexibility index (Phi) is 5.76. The standard InChI is InChI=1S/C20H29FN2O3/c1-14(24)17(25)22(4)11-6-12-23(5)18(26)20(13-19(20,2)3)15-7-9-16(21)10-8-15/h7-10,14,24H,6,11-13H2,1-5H3. The average Bonchev–Trinajstić information content (AvgIpc) is 3.17. The third-order valence-electron chi connectivity index (χ3n) is 5.51. The largest absolute Gasteiger partial charge is 0.384 e. The minimum Gasteiger partial charge on any atom is -0.384 e. The number of nitrogens with zero attached hydrogens (tertiary/aromatic N) is 2.